The normalized spacial score (nSPS) is 40.5. The molecule has 0 spiro atoms. The molecule has 0 aromatic carbocycles. The Balaban J connectivity index is 2.16. The minimum absolute atomic E-state index is 0.0705. The minimum Gasteiger partial charge on any atom is -0.348 e. The van der Waals surface area contributed by atoms with E-state index in [0.29, 0.717) is 0 Å². The van der Waals surface area contributed by atoms with Crippen molar-refractivity contribution in [2.24, 2.45) is 5.92 Å². The van der Waals surface area contributed by atoms with E-state index < -0.39 is 0 Å². The fourth-order valence-corrected chi connectivity index (χ4v) is 1.44. The molecule has 0 aromatic rings. The molecule has 1 N–H and O–H groups in total. The zero-order valence-corrected chi connectivity index (χ0v) is 6.73. The van der Waals surface area contributed by atoms with E-state index in [1.165, 1.54) is 0 Å². The van der Waals surface area contributed by atoms with Gasteiger partial charge in [0.1, 0.15) is 0 Å². The van der Waals surface area contributed by atoms with Crippen LogP contribution in [0.1, 0.15) is 6.42 Å². The van der Waals surface area contributed by atoms with Crippen LogP contribution in [0.2, 0.25) is 0 Å². The van der Waals surface area contributed by atoms with Gasteiger partial charge in [0.25, 0.3) is 0 Å². The van der Waals surface area contributed by atoms with Gasteiger partial charge in [0.15, 0.2) is 0 Å². The molecule has 0 bridgehead atoms. The average molecular weight is 161 g/mol. The molecule has 2 rings (SSSR count). The van der Waals surface area contributed by atoms with Crippen LogP contribution >= 0.6 is 0 Å². The summed E-state index contributed by atoms with van der Waals surface area (Å²) >= 11 is 0. The van der Waals surface area contributed by atoms with Gasteiger partial charge in [-0.05, 0) is 6.42 Å². The highest BCUT2D eigenvalue weighted by molar-refractivity contribution is 5.88. The standard InChI is InChI=1S/C10H11NO/c12-10-8-6-4-2-1-3-5-7-9(8)11-10/h1,3-9H,2H2,(H,11,12)/b3-1-,6-4-,7-5-. The van der Waals surface area contributed by atoms with Crippen LogP contribution in [0.5, 0.6) is 0 Å². The summed E-state index contributed by atoms with van der Waals surface area (Å²) in [4.78, 5) is 11.0. The summed E-state index contributed by atoms with van der Waals surface area (Å²) < 4.78 is 0. The summed E-state index contributed by atoms with van der Waals surface area (Å²) in [6.07, 6.45) is 13.0. The lowest BCUT2D eigenvalue weighted by Gasteiger charge is -2.32. The summed E-state index contributed by atoms with van der Waals surface area (Å²) in [6.45, 7) is 0. The topological polar surface area (TPSA) is 29.1 Å². The smallest absolute Gasteiger partial charge is 0.229 e. The number of rotatable bonds is 0. The maximum atomic E-state index is 11.0. The fourth-order valence-electron chi connectivity index (χ4n) is 1.44. The summed E-state index contributed by atoms with van der Waals surface area (Å²) in [5.74, 6) is 0.212. The van der Waals surface area contributed by atoms with Crippen LogP contribution in [0.15, 0.2) is 36.5 Å². The van der Waals surface area contributed by atoms with Crippen molar-refractivity contribution in [1.29, 1.82) is 0 Å². The molecule has 0 radical (unpaired) electrons. The number of nitrogens with one attached hydrogen (secondary N) is 1. The Bertz CT molecular complexity index is 276. The van der Waals surface area contributed by atoms with Crippen molar-refractivity contribution in [3.63, 3.8) is 0 Å². The zero-order valence-electron chi connectivity index (χ0n) is 6.73. The van der Waals surface area contributed by atoms with E-state index in [-0.39, 0.29) is 17.9 Å². The van der Waals surface area contributed by atoms with E-state index in [1.807, 2.05) is 30.4 Å². The number of fused-ring (bicyclic) bond motifs is 1. The van der Waals surface area contributed by atoms with E-state index in [2.05, 4.69) is 11.4 Å². The predicted octanol–water partition coefficient (Wildman–Crippen LogP) is 1.17. The number of amides is 1. The van der Waals surface area contributed by atoms with Crippen molar-refractivity contribution in [1.82, 2.24) is 5.32 Å². The van der Waals surface area contributed by atoms with E-state index in [9.17, 15) is 4.79 Å². The molecule has 1 aliphatic carbocycles. The van der Waals surface area contributed by atoms with E-state index in [0.717, 1.165) is 6.42 Å². The molecule has 1 saturated heterocycles. The Hall–Kier alpha value is -1.31. The van der Waals surface area contributed by atoms with Crippen LogP contribution in [0.4, 0.5) is 0 Å². The summed E-state index contributed by atoms with van der Waals surface area (Å²) in [5, 5.41) is 2.83. The number of hydrogen-bond acceptors (Lipinski definition) is 1. The lowest BCUT2D eigenvalue weighted by Crippen LogP contribution is -2.56. The highest BCUT2D eigenvalue weighted by atomic mass is 16.2. The molecule has 1 aliphatic heterocycles. The van der Waals surface area contributed by atoms with Crippen molar-refractivity contribution in [3.05, 3.63) is 36.5 Å². The fraction of sp³-hybridized carbons (Fsp3) is 0.300. The Morgan fingerprint density at radius 2 is 2.17 bits per heavy atom. The second-order valence-electron chi connectivity index (χ2n) is 3.04. The van der Waals surface area contributed by atoms with Gasteiger partial charge in [-0.2, -0.15) is 0 Å². The van der Waals surface area contributed by atoms with Gasteiger partial charge < -0.3 is 5.32 Å². The van der Waals surface area contributed by atoms with Gasteiger partial charge in [0.2, 0.25) is 5.91 Å². The van der Waals surface area contributed by atoms with Gasteiger partial charge in [-0.15, -0.1) is 0 Å². The third-order valence-corrected chi connectivity index (χ3v) is 2.18. The van der Waals surface area contributed by atoms with Gasteiger partial charge in [-0.25, -0.2) is 0 Å². The molecule has 0 aromatic heterocycles. The van der Waals surface area contributed by atoms with Crippen LogP contribution in [0.3, 0.4) is 0 Å². The first-order chi connectivity index (χ1) is 5.88. The second-order valence-corrected chi connectivity index (χ2v) is 3.04. The monoisotopic (exact) mass is 161 g/mol. The Kier molecular flexibility index (Phi) is 1.82. The Morgan fingerprint density at radius 1 is 1.25 bits per heavy atom. The molecule has 2 heteroatoms. The molecule has 62 valence electrons. The molecule has 12 heavy (non-hydrogen) atoms. The molecule has 1 amide bonds. The maximum absolute atomic E-state index is 11.0. The van der Waals surface area contributed by atoms with Gasteiger partial charge in [0, 0.05) is 0 Å². The molecule has 1 fully saturated rings. The van der Waals surface area contributed by atoms with Crippen molar-refractivity contribution >= 4 is 5.91 Å². The highest BCUT2D eigenvalue weighted by Crippen LogP contribution is 2.18. The summed E-state index contributed by atoms with van der Waals surface area (Å²) in [6, 6.07) is 0.219. The minimum atomic E-state index is 0.0705. The molecule has 2 aliphatic rings. The SMILES string of the molecule is O=C1NC2/C=C\C=C/C/C=C\C12. The first-order valence-corrected chi connectivity index (χ1v) is 4.18. The van der Waals surface area contributed by atoms with Gasteiger partial charge in [0.05, 0.1) is 12.0 Å². The quantitative estimate of drug-likeness (QED) is 0.419. The summed E-state index contributed by atoms with van der Waals surface area (Å²) in [5.41, 5.74) is 0. The Labute approximate surface area is 71.7 Å². The van der Waals surface area contributed by atoms with E-state index in [4.69, 9.17) is 0 Å². The summed E-state index contributed by atoms with van der Waals surface area (Å²) in [7, 11) is 0. The molecule has 2 unspecified atom stereocenters. The van der Waals surface area contributed by atoms with Crippen LogP contribution in [0.25, 0.3) is 0 Å². The van der Waals surface area contributed by atoms with Gasteiger partial charge in [-0.3, -0.25) is 4.79 Å². The highest BCUT2D eigenvalue weighted by Gasteiger charge is 2.34. The van der Waals surface area contributed by atoms with E-state index in [1.54, 1.807) is 0 Å². The van der Waals surface area contributed by atoms with Crippen molar-refractivity contribution in [2.45, 2.75) is 12.5 Å². The predicted molar refractivity (Wildman–Crippen MR) is 47.5 cm³/mol. The Morgan fingerprint density at radius 3 is 3.00 bits per heavy atom. The van der Waals surface area contributed by atoms with Crippen LogP contribution in [0, 0.1) is 5.92 Å². The second kappa shape index (κ2) is 2.97. The van der Waals surface area contributed by atoms with Crippen LogP contribution in [-0.2, 0) is 4.79 Å². The average Bonchev–Trinajstić information content (AvgIpc) is 2.14. The lowest BCUT2D eigenvalue weighted by atomic mass is 9.90. The molecule has 1 heterocycles. The number of β-lactam (4-membered cyclic amide) rings is 1. The first-order valence-electron chi connectivity index (χ1n) is 4.18. The molecule has 0 saturated carbocycles. The van der Waals surface area contributed by atoms with Crippen molar-refractivity contribution in [3.8, 4) is 0 Å². The molecule has 2 nitrogen and oxygen atoms in total. The van der Waals surface area contributed by atoms with E-state index >= 15 is 0 Å². The van der Waals surface area contributed by atoms with Gasteiger partial charge in [-0.1, -0.05) is 36.5 Å². The molecule has 2 atom stereocenters. The lowest BCUT2D eigenvalue weighted by molar-refractivity contribution is -0.131. The molecular weight excluding hydrogens is 150 g/mol. The van der Waals surface area contributed by atoms with Gasteiger partial charge >= 0.3 is 0 Å². The maximum Gasteiger partial charge on any atom is 0.229 e. The first kappa shape index (κ1) is 7.35. The van der Waals surface area contributed by atoms with Crippen LogP contribution in [-0.4, -0.2) is 11.9 Å². The van der Waals surface area contributed by atoms with Crippen molar-refractivity contribution < 1.29 is 4.79 Å². The zero-order chi connectivity index (χ0) is 8.39. The number of hydrogen-bond donors (Lipinski definition) is 1. The molecular formula is C10H11NO. The number of carbonyl (C=O) groups excluding carboxylic acids is 1. The largest absolute Gasteiger partial charge is 0.348 e. The number of allylic oxidation sites excluding steroid dienone is 4. The van der Waals surface area contributed by atoms with Crippen molar-refractivity contribution in [2.75, 3.05) is 0 Å². The number of carbonyl (C=O) groups is 1. The third kappa shape index (κ3) is 1.20. The third-order valence-electron chi connectivity index (χ3n) is 2.18. The van der Waals surface area contributed by atoms with Crippen LogP contribution < -0.4 is 5.32 Å².